The van der Waals surface area contributed by atoms with Gasteiger partial charge in [-0.25, -0.2) is 0 Å². The van der Waals surface area contributed by atoms with E-state index in [2.05, 4.69) is 22.6 Å². The van der Waals surface area contributed by atoms with Gasteiger partial charge in [-0.15, -0.1) is 0 Å². The molecule has 0 aromatic rings. The molecular weight excluding hydrogens is 355 g/mol. The Labute approximate surface area is 140 Å². The average Bonchev–Trinajstić information content (AvgIpc) is 2.56. The van der Waals surface area contributed by atoms with Crippen molar-refractivity contribution >= 4 is 22.6 Å². The lowest BCUT2D eigenvalue weighted by Gasteiger charge is -2.51. The van der Waals surface area contributed by atoms with Crippen molar-refractivity contribution in [2.24, 2.45) is 17.8 Å². The first kappa shape index (κ1) is 15.6. The molecule has 0 heterocycles. The molecule has 0 nitrogen and oxygen atoms in total. The molecule has 116 valence electrons. The molecule has 3 fully saturated rings. The average molecular weight is 388 g/mol. The first-order chi connectivity index (χ1) is 9.82. The van der Waals surface area contributed by atoms with Crippen LogP contribution in [-0.4, -0.2) is 3.42 Å². The first-order valence-corrected chi connectivity index (χ1v) is 10.6. The van der Waals surface area contributed by atoms with E-state index >= 15 is 0 Å². The van der Waals surface area contributed by atoms with Crippen LogP contribution in [0.15, 0.2) is 0 Å². The summed E-state index contributed by atoms with van der Waals surface area (Å²) in [6.07, 6.45) is 23.0. The van der Waals surface area contributed by atoms with Gasteiger partial charge in [0.1, 0.15) is 0 Å². The van der Waals surface area contributed by atoms with Crippen molar-refractivity contribution in [1.29, 1.82) is 0 Å². The molecule has 1 heteroatoms. The highest BCUT2D eigenvalue weighted by atomic mass is 127. The zero-order valence-corrected chi connectivity index (χ0v) is 15.4. The Morgan fingerprint density at radius 1 is 0.450 bits per heavy atom. The van der Waals surface area contributed by atoms with Crippen LogP contribution >= 0.6 is 22.6 Å². The fourth-order valence-corrected chi connectivity index (χ4v) is 7.50. The first-order valence-electron chi connectivity index (χ1n) is 9.50. The van der Waals surface area contributed by atoms with Gasteiger partial charge in [0.25, 0.3) is 0 Å². The van der Waals surface area contributed by atoms with Gasteiger partial charge in [-0.1, -0.05) is 80.4 Å². The van der Waals surface area contributed by atoms with E-state index in [0.717, 1.165) is 17.8 Å². The third-order valence-corrected chi connectivity index (χ3v) is 9.34. The summed E-state index contributed by atoms with van der Waals surface area (Å²) in [7, 11) is 0. The van der Waals surface area contributed by atoms with Gasteiger partial charge in [-0.2, -0.15) is 0 Å². The minimum Gasteiger partial charge on any atom is -0.0780 e. The molecule has 3 rings (SSSR count). The zero-order valence-electron chi connectivity index (χ0n) is 13.2. The van der Waals surface area contributed by atoms with Crippen molar-refractivity contribution in [3.8, 4) is 0 Å². The number of rotatable bonds is 3. The van der Waals surface area contributed by atoms with E-state index in [9.17, 15) is 0 Å². The molecule has 3 aliphatic rings. The van der Waals surface area contributed by atoms with Gasteiger partial charge in [0.2, 0.25) is 0 Å². The maximum atomic E-state index is 3.03. The molecule has 3 aliphatic carbocycles. The van der Waals surface area contributed by atoms with Crippen LogP contribution in [0.25, 0.3) is 0 Å². The van der Waals surface area contributed by atoms with Crippen molar-refractivity contribution in [3.05, 3.63) is 0 Å². The number of alkyl halides is 1. The van der Waals surface area contributed by atoms with Gasteiger partial charge in [-0.05, 0) is 56.3 Å². The SMILES string of the molecule is IC(C1CCCCC1)(C1CCCCC1)C1CCCCC1. The van der Waals surface area contributed by atoms with Crippen LogP contribution in [0.5, 0.6) is 0 Å². The summed E-state index contributed by atoms with van der Waals surface area (Å²) in [6.45, 7) is 0. The standard InChI is InChI=1S/C19H33I/c20-19(16-10-4-1-5-11-16,17-12-6-2-7-13-17)18-14-8-3-9-15-18/h16-18H,1-15H2. The number of halogens is 1. The summed E-state index contributed by atoms with van der Waals surface area (Å²) in [4.78, 5) is 0. The summed E-state index contributed by atoms with van der Waals surface area (Å²) < 4.78 is 0.680. The predicted molar refractivity (Wildman–Crippen MR) is 96.5 cm³/mol. The maximum absolute atomic E-state index is 3.03. The molecule has 0 bridgehead atoms. The Kier molecular flexibility index (Phi) is 5.72. The molecule has 0 unspecified atom stereocenters. The van der Waals surface area contributed by atoms with E-state index in [1.165, 1.54) is 57.8 Å². The maximum Gasteiger partial charge on any atom is 0.0306 e. The minimum atomic E-state index is 0.680. The van der Waals surface area contributed by atoms with E-state index in [4.69, 9.17) is 0 Å². The molecule has 0 aromatic heterocycles. The van der Waals surface area contributed by atoms with Crippen LogP contribution < -0.4 is 0 Å². The van der Waals surface area contributed by atoms with Crippen LogP contribution in [0.3, 0.4) is 0 Å². The lowest BCUT2D eigenvalue weighted by Crippen LogP contribution is -2.48. The monoisotopic (exact) mass is 388 g/mol. The predicted octanol–water partition coefficient (Wildman–Crippen LogP) is 6.90. The third-order valence-electron chi connectivity index (χ3n) is 6.69. The van der Waals surface area contributed by atoms with Crippen molar-refractivity contribution in [3.63, 3.8) is 0 Å². The van der Waals surface area contributed by atoms with Crippen LogP contribution in [0.2, 0.25) is 0 Å². The van der Waals surface area contributed by atoms with Crippen LogP contribution in [0.1, 0.15) is 96.3 Å². The second kappa shape index (κ2) is 7.33. The van der Waals surface area contributed by atoms with Crippen molar-refractivity contribution < 1.29 is 0 Å². The highest BCUT2D eigenvalue weighted by Gasteiger charge is 2.48. The molecule has 0 spiro atoms. The van der Waals surface area contributed by atoms with Crippen molar-refractivity contribution in [1.82, 2.24) is 0 Å². The van der Waals surface area contributed by atoms with E-state index in [1.54, 1.807) is 38.5 Å². The molecule has 0 saturated heterocycles. The second-order valence-corrected chi connectivity index (χ2v) is 9.70. The Balaban J connectivity index is 1.79. The Morgan fingerprint density at radius 3 is 0.950 bits per heavy atom. The van der Waals surface area contributed by atoms with Crippen LogP contribution in [0.4, 0.5) is 0 Å². The Hall–Kier alpha value is 0.730. The molecule has 20 heavy (non-hydrogen) atoms. The molecule has 0 N–H and O–H groups in total. The van der Waals surface area contributed by atoms with E-state index in [1.807, 2.05) is 0 Å². The van der Waals surface area contributed by atoms with Crippen LogP contribution in [-0.2, 0) is 0 Å². The van der Waals surface area contributed by atoms with Gasteiger partial charge in [0, 0.05) is 3.42 Å². The fraction of sp³-hybridized carbons (Fsp3) is 1.00. The summed E-state index contributed by atoms with van der Waals surface area (Å²) in [6, 6.07) is 0. The highest BCUT2D eigenvalue weighted by Crippen LogP contribution is 2.55. The normalized spacial score (nSPS) is 28.6. The summed E-state index contributed by atoms with van der Waals surface area (Å²) >= 11 is 3.03. The van der Waals surface area contributed by atoms with E-state index in [-0.39, 0.29) is 0 Å². The van der Waals surface area contributed by atoms with Gasteiger partial charge in [0.15, 0.2) is 0 Å². The molecule has 0 aliphatic heterocycles. The summed E-state index contributed by atoms with van der Waals surface area (Å²) in [5, 5.41) is 0. The fourth-order valence-electron chi connectivity index (χ4n) is 5.64. The summed E-state index contributed by atoms with van der Waals surface area (Å²) in [5.41, 5.74) is 0. The number of hydrogen-bond donors (Lipinski definition) is 0. The molecule has 0 amide bonds. The van der Waals surface area contributed by atoms with Gasteiger partial charge < -0.3 is 0 Å². The molecule has 0 aromatic carbocycles. The topological polar surface area (TPSA) is 0 Å². The van der Waals surface area contributed by atoms with Gasteiger partial charge >= 0.3 is 0 Å². The second-order valence-electron chi connectivity index (χ2n) is 7.83. The van der Waals surface area contributed by atoms with Gasteiger partial charge in [-0.3, -0.25) is 0 Å². The van der Waals surface area contributed by atoms with Crippen LogP contribution in [0, 0.1) is 17.8 Å². The van der Waals surface area contributed by atoms with Crippen molar-refractivity contribution in [2.45, 2.75) is 99.7 Å². The van der Waals surface area contributed by atoms with Gasteiger partial charge in [0.05, 0.1) is 0 Å². The lowest BCUT2D eigenvalue weighted by molar-refractivity contribution is 0.113. The number of hydrogen-bond acceptors (Lipinski definition) is 0. The zero-order chi connectivity index (χ0) is 13.8. The quantitative estimate of drug-likeness (QED) is 0.364. The lowest BCUT2D eigenvalue weighted by atomic mass is 9.62. The molecule has 0 atom stereocenters. The Morgan fingerprint density at radius 2 is 0.700 bits per heavy atom. The smallest absolute Gasteiger partial charge is 0.0306 e. The largest absolute Gasteiger partial charge is 0.0780 e. The van der Waals surface area contributed by atoms with Crippen molar-refractivity contribution in [2.75, 3.05) is 0 Å². The minimum absolute atomic E-state index is 0.680. The molecular formula is C19H33I. The molecule has 0 radical (unpaired) electrons. The van der Waals surface area contributed by atoms with E-state index < -0.39 is 0 Å². The van der Waals surface area contributed by atoms with E-state index in [0.29, 0.717) is 3.42 Å². The molecule has 3 saturated carbocycles. The Bertz CT molecular complexity index is 235. The third kappa shape index (κ3) is 3.22. The highest BCUT2D eigenvalue weighted by molar-refractivity contribution is 14.1. The summed E-state index contributed by atoms with van der Waals surface area (Å²) in [5.74, 6) is 3.18.